The minimum absolute atomic E-state index is 0.216. The van der Waals surface area contributed by atoms with E-state index >= 15 is 0 Å². The van der Waals surface area contributed by atoms with Crippen LogP contribution in [0.5, 0.6) is 0 Å². The molecule has 0 aliphatic carbocycles. The van der Waals surface area contributed by atoms with Gasteiger partial charge in [-0.25, -0.2) is 4.98 Å². The number of alkyl halides is 3. The van der Waals surface area contributed by atoms with Crippen molar-refractivity contribution in [1.82, 2.24) is 15.2 Å². The molecule has 0 saturated carbocycles. The fourth-order valence-corrected chi connectivity index (χ4v) is 2.52. The number of halogens is 3. The Balaban J connectivity index is 1.90. The first-order valence-corrected chi connectivity index (χ1v) is 7.11. The van der Waals surface area contributed by atoms with Gasteiger partial charge >= 0.3 is 6.18 Å². The monoisotopic (exact) mass is 316 g/mol. The molecule has 1 aromatic rings. The molecule has 2 rings (SSSR count). The van der Waals surface area contributed by atoms with Crippen molar-refractivity contribution in [2.24, 2.45) is 0 Å². The molecule has 1 fully saturated rings. The molecule has 1 aromatic heterocycles. The molecule has 1 atom stereocenters. The lowest BCUT2D eigenvalue weighted by Crippen LogP contribution is -2.50. The van der Waals surface area contributed by atoms with Crippen molar-refractivity contribution in [3.63, 3.8) is 0 Å². The van der Waals surface area contributed by atoms with E-state index in [1.165, 1.54) is 11.1 Å². The van der Waals surface area contributed by atoms with Crippen molar-refractivity contribution in [3.05, 3.63) is 23.9 Å². The van der Waals surface area contributed by atoms with Crippen molar-refractivity contribution in [3.8, 4) is 0 Å². The van der Waals surface area contributed by atoms with Crippen LogP contribution in [0.4, 0.5) is 19.0 Å². The maximum absolute atomic E-state index is 12.4. The summed E-state index contributed by atoms with van der Waals surface area (Å²) in [6.07, 6.45) is -1.45. The van der Waals surface area contributed by atoms with Crippen LogP contribution in [0, 0.1) is 0 Å². The fourth-order valence-electron chi connectivity index (χ4n) is 2.52. The van der Waals surface area contributed by atoms with Gasteiger partial charge in [0.1, 0.15) is 5.82 Å². The summed E-state index contributed by atoms with van der Waals surface area (Å²) in [5, 5.41) is 5.63. The molecule has 0 bridgehead atoms. The number of hydrogen-bond donors (Lipinski definition) is 2. The van der Waals surface area contributed by atoms with Crippen LogP contribution in [0.25, 0.3) is 0 Å². The van der Waals surface area contributed by atoms with Gasteiger partial charge in [-0.2, -0.15) is 13.2 Å². The minimum Gasteiger partial charge on any atom is -0.373 e. The highest BCUT2D eigenvalue weighted by Gasteiger charge is 2.33. The number of rotatable bonds is 4. The second-order valence-corrected chi connectivity index (χ2v) is 5.35. The van der Waals surface area contributed by atoms with E-state index in [-0.39, 0.29) is 18.5 Å². The number of likely N-dealkylation sites (tertiary alicyclic amines) is 1. The molecular weight excluding hydrogens is 297 g/mol. The lowest BCUT2D eigenvalue weighted by atomic mass is 10.1. The van der Waals surface area contributed by atoms with E-state index in [4.69, 9.17) is 0 Å². The topological polar surface area (TPSA) is 57.3 Å². The zero-order chi connectivity index (χ0) is 16.2. The first-order valence-electron chi connectivity index (χ1n) is 7.11. The highest BCUT2D eigenvalue weighted by atomic mass is 19.4. The van der Waals surface area contributed by atoms with Gasteiger partial charge in [0.15, 0.2) is 0 Å². The first-order chi connectivity index (χ1) is 10.4. The second kappa shape index (κ2) is 6.95. The molecule has 1 aliphatic heterocycles. The van der Waals surface area contributed by atoms with Crippen LogP contribution in [0.2, 0.25) is 0 Å². The molecule has 1 saturated heterocycles. The van der Waals surface area contributed by atoms with Crippen molar-refractivity contribution >= 4 is 11.7 Å². The summed E-state index contributed by atoms with van der Waals surface area (Å²) in [6.45, 7) is -0.310. The molecule has 5 nitrogen and oxygen atoms in total. The van der Waals surface area contributed by atoms with E-state index in [0.29, 0.717) is 30.8 Å². The van der Waals surface area contributed by atoms with Crippen molar-refractivity contribution < 1.29 is 18.0 Å². The summed E-state index contributed by atoms with van der Waals surface area (Å²) in [5.41, 5.74) is 0.395. The van der Waals surface area contributed by atoms with Gasteiger partial charge in [-0.05, 0) is 31.5 Å². The van der Waals surface area contributed by atoms with E-state index < -0.39 is 12.7 Å². The Morgan fingerprint density at radius 1 is 1.45 bits per heavy atom. The van der Waals surface area contributed by atoms with E-state index in [1.54, 1.807) is 19.2 Å². The van der Waals surface area contributed by atoms with Gasteiger partial charge in [0.05, 0.1) is 12.1 Å². The predicted molar refractivity (Wildman–Crippen MR) is 76.8 cm³/mol. The average Bonchev–Trinajstić information content (AvgIpc) is 2.46. The van der Waals surface area contributed by atoms with Crippen LogP contribution in [0.1, 0.15) is 23.2 Å². The Bertz CT molecular complexity index is 504. The third-order valence-corrected chi connectivity index (χ3v) is 3.53. The van der Waals surface area contributed by atoms with Gasteiger partial charge in [0.2, 0.25) is 0 Å². The molecule has 22 heavy (non-hydrogen) atoms. The van der Waals surface area contributed by atoms with Crippen molar-refractivity contribution in [1.29, 1.82) is 0 Å². The number of pyridine rings is 1. The first kappa shape index (κ1) is 16.5. The SMILES string of the molecule is CNc1ccc(C(=O)NC2CCCN(CC(F)(F)F)C2)cn1. The summed E-state index contributed by atoms with van der Waals surface area (Å²) in [5.74, 6) is 0.333. The molecular formula is C14H19F3N4O. The largest absolute Gasteiger partial charge is 0.401 e. The zero-order valence-electron chi connectivity index (χ0n) is 12.3. The van der Waals surface area contributed by atoms with E-state index in [9.17, 15) is 18.0 Å². The molecule has 2 N–H and O–H groups in total. The number of anilines is 1. The third kappa shape index (κ3) is 4.87. The molecule has 0 aromatic carbocycles. The standard InChI is InChI=1S/C14H19F3N4O/c1-18-12-5-4-10(7-19-12)13(22)20-11-3-2-6-21(8-11)9-14(15,16)17/h4-5,7,11H,2-3,6,8-9H2,1H3,(H,18,19)(H,20,22). The van der Waals surface area contributed by atoms with E-state index in [1.807, 2.05) is 0 Å². The second-order valence-electron chi connectivity index (χ2n) is 5.35. The van der Waals surface area contributed by atoms with Gasteiger partial charge in [0, 0.05) is 25.8 Å². The maximum Gasteiger partial charge on any atom is 0.401 e. The summed E-state index contributed by atoms with van der Waals surface area (Å²) in [6, 6.07) is 3.03. The van der Waals surface area contributed by atoms with Crippen LogP contribution in [-0.4, -0.2) is 54.7 Å². The molecule has 0 spiro atoms. The molecule has 8 heteroatoms. The van der Waals surface area contributed by atoms with Gasteiger partial charge in [-0.1, -0.05) is 0 Å². The Hall–Kier alpha value is -1.83. The zero-order valence-corrected chi connectivity index (χ0v) is 12.3. The Kier molecular flexibility index (Phi) is 5.23. The van der Waals surface area contributed by atoms with E-state index in [2.05, 4.69) is 15.6 Å². The Morgan fingerprint density at radius 2 is 2.23 bits per heavy atom. The molecule has 1 amide bonds. The van der Waals surface area contributed by atoms with Gasteiger partial charge < -0.3 is 10.6 Å². The average molecular weight is 316 g/mol. The number of aromatic nitrogens is 1. The summed E-state index contributed by atoms with van der Waals surface area (Å²) >= 11 is 0. The number of carbonyl (C=O) groups excluding carboxylic acids is 1. The molecule has 1 aliphatic rings. The number of nitrogens with one attached hydrogen (secondary N) is 2. The molecule has 1 unspecified atom stereocenters. The van der Waals surface area contributed by atoms with Crippen LogP contribution >= 0.6 is 0 Å². The lowest BCUT2D eigenvalue weighted by Gasteiger charge is -2.33. The quantitative estimate of drug-likeness (QED) is 0.890. The minimum atomic E-state index is -4.21. The number of carbonyl (C=O) groups is 1. The Labute approximate surface area is 126 Å². The van der Waals surface area contributed by atoms with Gasteiger partial charge in [-0.3, -0.25) is 9.69 Å². The van der Waals surface area contributed by atoms with Crippen LogP contribution in [-0.2, 0) is 0 Å². The predicted octanol–water partition coefficient (Wildman–Crippen LogP) is 1.88. The number of hydrogen-bond acceptors (Lipinski definition) is 4. The highest BCUT2D eigenvalue weighted by molar-refractivity contribution is 5.94. The molecule has 0 radical (unpaired) electrons. The summed E-state index contributed by atoms with van der Waals surface area (Å²) in [7, 11) is 1.72. The summed E-state index contributed by atoms with van der Waals surface area (Å²) in [4.78, 5) is 17.5. The fraction of sp³-hybridized carbons (Fsp3) is 0.571. The van der Waals surface area contributed by atoms with Crippen LogP contribution < -0.4 is 10.6 Å². The lowest BCUT2D eigenvalue weighted by molar-refractivity contribution is -0.148. The third-order valence-electron chi connectivity index (χ3n) is 3.53. The highest BCUT2D eigenvalue weighted by Crippen LogP contribution is 2.20. The van der Waals surface area contributed by atoms with Gasteiger partial charge in [0.25, 0.3) is 5.91 Å². The summed E-state index contributed by atoms with van der Waals surface area (Å²) < 4.78 is 37.3. The number of nitrogens with zero attached hydrogens (tertiary/aromatic N) is 2. The molecule has 122 valence electrons. The van der Waals surface area contributed by atoms with Crippen LogP contribution in [0.15, 0.2) is 18.3 Å². The van der Waals surface area contributed by atoms with Crippen molar-refractivity contribution in [2.75, 3.05) is 32.0 Å². The normalized spacial score (nSPS) is 19.7. The van der Waals surface area contributed by atoms with Gasteiger partial charge in [-0.15, -0.1) is 0 Å². The molecule has 2 heterocycles. The maximum atomic E-state index is 12.4. The number of piperidine rings is 1. The Morgan fingerprint density at radius 3 is 2.82 bits per heavy atom. The van der Waals surface area contributed by atoms with Crippen LogP contribution in [0.3, 0.4) is 0 Å². The van der Waals surface area contributed by atoms with E-state index in [0.717, 1.165) is 0 Å². The number of amides is 1. The van der Waals surface area contributed by atoms with Crippen molar-refractivity contribution in [2.45, 2.75) is 25.1 Å². The smallest absolute Gasteiger partial charge is 0.373 e.